The van der Waals surface area contributed by atoms with Gasteiger partial charge < -0.3 is 19.8 Å². The Hall–Kier alpha value is -2.41. The lowest BCUT2D eigenvalue weighted by Gasteiger charge is -2.26. The van der Waals surface area contributed by atoms with Crippen LogP contribution >= 0.6 is 0 Å². The molecule has 1 fully saturated rings. The molecule has 7 nitrogen and oxygen atoms in total. The number of aryl methyl sites for hydroxylation is 1. The first-order valence-corrected chi connectivity index (χ1v) is 8.78. The SMILES string of the molecule is CCCc1nc(C(NC(=O)N2CCC[C@H]2CO)c2ccccc2)no1. The number of amides is 2. The van der Waals surface area contributed by atoms with E-state index in [4.69, 9.17) is 4.52 Å². The van der Waals surface area contributed by atoms with Crippen LogP contribution in [0.4, 0.5) is 4.79 Å². The summed E-state index contributed by atoms with van der Waals surface area (Å²) in [4.78, 5) is 18.8. The molecule has 0 spiro atoms. The van der Waals surface area contributed by atoms with E-state index < -0.39 is 6.04 Å². The molecule has 7 heteroatoms. The third-order valence-corrected chi connectivity index (χ3v) is 4.46. The summed E-state index contributed by atoms with van der Waals surface area (Å²) in [5.41, 5.74) is 0.888. The molecule has 1 aliphatic heterocycles. The van der Waals surface area contributed by atoms with E-state index in [0.717, 1.165) is 24.8 Å². The van der Waals surface area contributed by atoms with Gasteiger partial charge in [0.05, 0.1) is 12.6 Å². The second-order valence-electron chi connectivity index (χ2n) is 6.26. The monoisotopic (exact) mass is 344 g/mol. The van der Waals surface area contributed by atoms with E-state index in [1.807, 2.05) is 37.3 Å². The summed E-state index contributed by atoms with van der Waals surface area (Å²) in [6, 6.07) is 8.76. The van der Waals surface area contributed by atoms with Gasteiger partial charge in [-0.05, 0) is 24.8 Å². The van der Waals surface area contributed by atoms with Crippen LogP contribution < -0.4 is 5.32 Å². The summed E-state index contributed by atoms with van der Waals surface area (Å²) in [6.07, 6.45) is 3.34. The molecule has 2 atom stereocenters. The van der Waals surface area contributed by atoms with E-state index in [1.165, 1.54) is 0 Å². The van der Waals surface area contributed by atoms with Gasteiger partial charge in [0.1, 0.15) is 6.04 Å². The summed E-state index contributed by atoms with van der Waals surface area (Å²) in [6.45, 7) is 2.67. The minimum atomic E-state index is -0.483. The molecule has 2 aromatic rings. The molecule has 3 rings (SSSR count). The zero-order valence-electron chi connectivity index (χ0n) is 14.4. The summed E-state index contributed by atoms with van der Waals surface area (Å²) in [5, 5.41) is 16.5. The highest BCUT2D eigenvalue weighted by molar-refractivity contribution is 5.75. The van der Waals surface area contributed by atoms with Crippen molar-refractivity contribution in [1.82, 2.24) is 20.4 Å². The van der Waals surface area contributed by atoms with Crippen LogP contribution in [0.2, 0.25) is 0 Å². The first-order valence-electron chi connectivity index (χ1n) is 8.78. The van der Waals surface area contributed by atoms with Gasteiger partial charge >= 0.3 is 6.03 Å². The lowest BCUT2D eigenvalue weighted by molar-refractivity contribution is 0.155. The number of carbonyl (C=O) groups excluding carboxylic acids is 1. The number of rotatable bonds is 6. The maximum atomic E-state index is 12.7. The Morgan fingerprint density at radius 3 is 2.96 bits per heavy atom. The third kappa shape index (κ3) is 3.99. The molecule has 1 aromatic carbocycles. The summed E-state index contributed by atoms with van der Waals surface area (Å²) >= 11 is 0. The normalized spacial score (nSPS) is 18.3. The maximum absolute atomic E-state index is 12.7. The van der Waals surface area contributed by atoms with Crippen molar-refractivity contribution in [3.63, 3.8) is 0 Å². The minimum Gasteiger partial charge on any atom is -0.394 e. The number of benzene rings is 1. The van der Waals surface area contributed by atoms with Gasteiger partial charge in [-0.3, -0.25) is 0 Å². The lowest BCUT2D eigenvalue weighted by Crippen LogP contribution is -2.45. The average molecular weight is 344 g/mol. The molecule has 0 saturated carbocycles. The van der Waals surface area contributed by atoms with Crippen molar-refractivity contribution < 1.29 is 14.4 Å². The molecule has 134 valence electrons. The molecule has 0 aliphatic carbocycles. The van der Waals surface area contributed by atoms with Crippen molar-refractivity contribution in [2.24, 2.45) is 0 Å². The number of urea groups is 1. The van der Waals surface area contributed by atoms with Gasteiger partial charge in [-0.15, -0.1) is 0 Å². The highest BCUT2D eigenvalue weighted by atomic mass is 16.5. The number of aliphatic hydroxyl groups is 1. The highest BCUT2D eigenvalue weighted by Crippen LogP contribution is 2.22. The Labute approximate surface area is 147 Å². The maximum Gasteiger partial charge on any atom is 0.318 e. The molecule has 0 bridgehead atoms. The van der Waals surface area contributed by atoms with Crippen LogP contribution in [-0.4, -0.2) is 45.4 Å². The van der Waals surface area contributed by atoms with E-state index in [2.05, 4.69) is 15.5 Å². The molecule has 2 N–H and O–H groups in total. The molecule has 1 unspecified atom stereocenters. The van der Waals surface area contributed by atoms with Crippen LogP contribution in [0.1, 0.15) is 49.5 Å². The largest absolute Gasteiger partial charge is 0.394 e. The zero-order chi connectivity index (χ0) is 17.6. The molecule has 2 heterocycles. The summed E-state index contributed by atoms with van der Waals surface area (Å²) in [5.74, 6) is 1.02. The summed E-state index contributed by atoms with van der Waals surface area (Å²) in [7, 11) is 0. The first kappa shape index (κ1) is 17.4. The molecular weight excluding hydrogens is 320 g/mol. The first-order chi connectivity index (χ1) is 12.2. The van der Waals surface area contributed by atoms with Gasteiger partial charge in [-0.25, -0.2) is 4.79 Å². The van der Waals surface area contributed by atoms with Crippen LogP contribution in [-0.2, 0) is 6.42 Å². The Balaban J connectivity index is 1.82. The van der Waals surface area contributed by atoms with Crippen molar-refractivity contribution in [1.29, 1.82) is 0 Å². The standard InChI is InChI=1S/C18H24N4O3/c1-2-7-15-19-17(21-25-15)16(13-8-4-3-5-9-13)20-18(24)22-11-6-10-14(22)12-23/h3-5,8-9,14,16,23H,2,6-7,10-12H2,1H3,(H,20,24)/t14-,16?/m0/s1. The van der Waals surface area contributed by atoms with E-state index in [0.29, 0.717) is 24.7 Å². The quantitative estimate of drug-likeness (QED) is 0.839. The van der Waals surface area contributed by atoms with Crippen molar-refractivity contribution in [2.75, 3.05) is 13.2 Å². The second-order valence-corrected chi connectivity index (χ2v) is 6.26. The fourth-order valence-electron chi connectivity index (χ4n) is 3.14. The fraction of sp³-hybridized carbons (Fsp3) is 0.500. The summed E-state index contributed by atoms with van der Waals surface area (Å²) < 4.78 is 5.29. The van der Waals surface area contributed by atoms with Gasteiger partial charge in [0.15, 0.2) is 5.82 Å². The predicted molar refractivity (Wildman–Crippen MR) is 91.9 cm³/mol. The Morgan fingerprint density at radius 1 is 1.44 bits per heavy atom. The van der Waals surface area contributed by atoms with E-state index in [-0.39, 0.29) is 18.7 Å². The smallest absolute Gasteiger partial charge is 0.318 e. The van der Waals surface area contributed by atoms with Crippen LogP contribution in [0.3, 0.4) is 0 Å². The van der Waals surface area contributed by atoms with E-state index in [9.17, 15) is 9.90 Å². The van der Waals surface area contributed by atoms with Gasteiger partial charge in [0.25, 0.3) is 0 Å². The Morgan fingerprint density at radius 2 is 2.24 bits per heavy atom. The van der Waals surface area contributed by atoms with E-state index >= 15 is 0 Å². The minimum absolute atomic E-state index is 0.0215. The number of aliphatic hydroxyl groups excluding tert-OH is 1. The molecule has 1 aromatic heterocycles. The molecule has 2 amide bonds. The molecule has 1 saturated heterocycles. The topological polar surface area (TPSA) is 91.5 Å². The Kier molecular flexibility index (Phi) is 5.65. The number of aromatic nitrogens is 2. The van der Waals surface area contributed by atoms with Crippen molar-refractivity contribution in [2.45, 2.75) is 44.7 Å². The molecule has 25 heavy (non-hydrogen) atoms. The zero-order valence-corrected chi connectivity index (χ0v) is 14.4. The van der Waals surface area contributed by atoms with Crippen molar-refractivity contribution in [3.8, 4) is 0 Å². The molecular formula is C18H24N4O3. The van der Waals surface area contributed by atoms with E-state index in [1.54, 1.807) is 4.90 Å². The number of hydrogen-bond acceptors (Lipinski definition) is 5. The fourth-order valence-corrected chi connectivity index (χ4v) is 3.14. The number of nitrogens with one attached hydrogen (secondary N) is 1. The van der Waals surface area contributed by atoms with Crippen LogP contribution in [0.5, 0.6) is 0 Å². The predicted octanol–water partition coefficient (Wildman–Crippen LogP) is 2.28. The lowest BCUT2D eigenvalue weighted by atomic mass is 10.1. The highest BCUT2D eigenvalue weighted by Gasteiger charge is 2.31. The number of nitrogens with zero attached hydrogens (tertiary/aromatic N) is 3. The molecule has 1 aliphatic rings. The molecule has 0 radical (unpaired) electrons. The van der Waals surface area contributed by atoms with Crippen LogP contribution in [0.15, 0.2) is 34.9 Å². The number of carbonyl (C=O) groups is 1. The van der Waals surface area contributed by atoms with Crippen LogP contribution in [0, 0.1) is 0 Å². The second kappa shape index (κ2) is 8.11. The number of likely N-dealkylation sites (tertiary alicyclic amines) is 1. The van der Waals surface area contributed by atoms with Crippen molar-refractivity contribution in [3.05, 3.63) is 47.6 Å². The van der Waals surface area contributed by atoms with Gasteiger partial charge in [-0.2, -0.15) is 4.98 Å². The van der Waals surface area contributed by atoms with Gasteiger partial charge in [0, 0.05) is 13.0 Å². The van der Waals surface area contributed by atoms with Gasteiger partial charge in [0.2, 0.25) is 5.89 Å². The van der Waals surface area contributed by atoms with Gasteiger partial charge in [-0.1, -0.05) is 42.4 Å². The Bertz CT molecular complexity index is 689. The van der Waals surface area contributed by atoms with Crippen LogP contribution in [0.25, 0.3) is 0 Å². The van der Waals surface area contributed by atoms with Crippen molar-refractivity contribution >= 4 is 6.03 Å². The third-order valence-electron chi connectivity index (χ3n) is 4.46. The average Bonchev–Trinajstić information content (AvgIpc) is 3.29. The number of hydrogen-bond donors (Lipinski definition) is 2.